The molecule has 61 heavy (non-hydrogen) atoms. The van der Waals surface area contributed by atoms with Gasteiger partial charge in [0.25, 0.3) is 0 Å². The minimum absolute atomic E-state index is 0.0303. The molecule has 1 saturated carbocycles. The molecule has 1 rings (SSSR count). The number of hydrogen-bond donors (Lipinski definition) is 6. The van der Waals surface area contributed by atoms with E-state index in [2.05, 4.69) is 68.5 Å². The zero-order valence-corrected chi connectivity index (χ0v) is 37.8. The van der Waals surface area contributed by atoms with Crippen LogP contribution in [0.25, 0.3) is 0 Å². The average Bonchev–Trinajstić information content (AvgIpc) is 3.24. The number of esters is 2. The topological polar surface area (TPSA) is 210 Å². The van der Waals surface area contributed by atoms with Crippen molar-refractivity contribution in [1.29, 1.82) is 0 Å². The summed E-state index contributed by atoms with van der Waals surface area (Å²) in [5, 5.41) is 50.1. The highest BCUT2D eigenvalue weighted by Gasteiger charge is 2.51. The molecular weight excluding hydrogens is 803 g/mol. The van der Waals surface area contributed by atoms with Crippen LogP contribution in [0.1, 0.15) is 155 Å². The van der Waals surface area contributed by atoms with Crippen molar-refractivity contribution in [2.45, 2.75) is 198 Å². The Kier molecular flexibility index (Phi) is 33.9. The van der Waals surface area contributed by atoms with Crippen LogP contribution in [0.15, 0.2) is 72.9 Å². The third kappa shape index (κ3) is 29.3. The lowest BCUT2D eigenvalue weighted by Gasteiger charge is -2.41. The molecule has 13 nitrogen and oxygen atoms in total. The van der Waals surface area contributed by atoms with Crippen LogP contribution in [0.3, 0.4) is 0 Å². The molecule has 1 fully saturated rings. The molecule has 6 unspecified atom stereocenters. The van der Waals surface area contributed by atoms with E-state index >= 15 is 0 Å². The van der Waals surface area contributed by atoms with Gasteiger partial charge < -0.3 is 39.9 Å². The predicted molar refractivity (Wildman–Crippen MR) is 239 cm³/mol. The van der Waals surface area contributed by atoms with Gasteiger partial charge in [-0.3, -0.25) is 18.6 Å². The van der Waals surface area contributed by atoms with E-state index in [-0.39, 0.29) is 12.8 Å². The third-order valence-electron chi connectivity index (χ3n) is 10.1. The molecular formula is C47H79O13P. The normalized spacial score (nSPS) is 22.7. The van der Waals surface area contributed by atoms with Crippen LogP contribution >= 0.6 is 7.82 Å². The molecule has 0 saturated heterocycles. The fraction of sp³-hybridized carbons (Fsp3) is 0.702. The summed E-state index contributed by atoms with van der Waals surface area (Å²) in [6, 6.07) is 0. The average molecular weight is 883 g/mol. The van der Waals surface area contributed by atoms with E-state index in [0.29, 0.717) is 19.3 Å². The molecule has 0 spiro atoms. The van der Waals surface area contributed by atoms with E-state index < -0.39 is 75.7 Å². The Morgan fingerprint density at radius 3 is 1.39 bits per heavy atom. The molecule has 0 amide bonds. The zero-order valence-electron chi connectivity index (χ0n) is 36.9. The highest BCUT2D eigenvalue weighted by Crippen LogP contribution is 2.47. The highest BCUT2D eigenvalue weighted by atomic mass is 31.2. The minimum Gasteiger partial charge on any atom is -0.462 e. The first-order valence-electron chi connectivity index (χ1n) is 22.7. The van der Waals surface area contributed by atoms with Gasteiger partial charge in [-0.1, -0.05) is 164 Å². The smallest absolute Gasteiger partial charge is 0.462 e. The van der Waals surface area contributed by atoms with Gasteiger partial charge in [0.05, 0.1) is 6.61 Å². The molecule has 0 aromatic heterocycles. The minimum atomic E-state index is -5.14. The molecule has 0 aromatic rings. The van der Waals surface area contributed by atoms with Crippen molar-refractivity contribution >= 4 is 19.8 Å². The number of ether oxygens (including phenoxy) is 2. The van der Waals surface area contributed by atoms with Crippen LogP contribution in [0, 0.1) is 0 Å². The summed E-state index contributed by atoms with van der Waals surface area (Å²) >= 11 is 0. The Balaban J connectivity index is 2.53. The van der Waals surface area contributed by atoms with E-state index in [1.807, 2.05) is 18.2 Å². The number of aliphatic hydroxyl groups excluding tert-OH is 5. The van der Waals surface area contributed by atoms with Crippen LogP contribution in [0.5, 0.6) is 0 Å². The summed E-state index contributed by atoms with van der Waals surface area (Å²) in [4.78, 5) is 35.6. The van der Waals surface area contributed by atoms with Gasteiger partial charge in [-0.25, -0.2) is 4.57 Å². The van der Waals surface area contributed by atoms with Crippen molar-refractivity contribution < 1.29 is 63.1 Å². The number of rotatable bonds is 36. The second-order valence-corrected chi connectivity index (χ2v) is 16.9. The Morgan fingerprint density at radius 2 is 0.934 bits per heavy atom. The fourth-order valence-corrected chi connectivity index (χ4v) is 7.40. The lowest BCUT2D eigenvalue weighted by molar-refractivity contribution is -0.220. The monoisotopic (exact) mass is 883 g/mol. The van der Waals surface area contributed by atoms with Gasteiger partial charge >= 0.3 is 19.8 Å². The molecule has 350 valence electrons. The Labute approximate surface area is 365 Å². The highest BCUT2D eigenvalue weighted by molar-refractivity contribution is 7.47. The number of carbonyl (C=O) groups excluding carboxylic acids is 2. The second-order valence-electron chi connectivity index (χ2n) is 15.5. The predicted octanol–water partition coefficient (Wildman–Crippen LogP) is 8.72. The molecule has 1 aliphatic rings. The van der Waals surface area contributed by atoms with Crippen molar-refractivity contribution in [3.05, 3.63) is 72.9 Å². The molecule has 0 bridgehead atoms. The molecule has 6 atom stereocenters. The summed E-state index contributed by atoms with van der Waals surface area (Å²) in [6.07, 6.45) is 32.6. The number of phosphoric acid groups is 1. The molecule has 0 heterocycles. The number of phosphoric ester groups is 1. The first kappa shape index (κ1) is 56.3. The lowest BCUT2D eigenvalue weighted by Crippen LogP contribution is -2.64. The van der Waals surface area contributed by atoms with Gasteiger partial charge in [-0.15, -0.1) is 0 Å². The molecule has 0 aromatic carbocycles. The quantitative estimate of drug-likeness (QED) is 0.0151. The molecule has 14 heteroatoms. The van der Waals surface area contributed by atoms with E-state index in [1.54, 1.807) is 0 Å². The van der Waals surface area contributed by atoms with Crippen LogP contribution in [-0.2, 0) is 32.7 Å². The maximum absolute atomic E-state index is 12.8. The summed E-state index contributed by atoms with van der Waals surface area (Å²) in [7, 11) is -5.14. The van der Waals surface area contributed by atoms with Gasteiger partial charge in [0.15, 0.2) is 6.10 Å². The van der Waals surface area contributed by atoms with Crippen molar-refractivity contribution in [3.8, 4) is 0 Å². The van der Waals surface area contributed by atoms with Gasteiger partial charge in [-0.05, 0) is 51.4 Å². The Bertz CT molecular complexity index is 1340. The van der Waals surface area contributed by atoms with E-state index in [9.17, 15) is 44.6 Å². The van der Waals surface area contributed by atoms with Crippen LogP contribution in [0.4, 0.5) is 0 Å². The summed E-state index contributed by atoms with van der Waals surface area (Å²) in [6.45, 7) is 3.11. The van der Waals surface area contributed by atoms with E-state index in [4.69, 9.17) is 18.5 Å². The summed E-state index contributed by atoms with van der Waals surface area (Å²) < 4.78 is 33.4. The van der Waals surface area contributed by atoms with Crippen LogP contribution in [0.2, 0.25) is 0 Å². The van der Waals surface area contributed by atoms with Crippen molar-refractivity contribution in [3.63, 3.8) is 0 Å². The maximum Gasteiger partial charge on any atom is 0.472 e. The standard InChI is InChI=1S/C47H79O13P/c1-3-5-7-9-11-13-15-17-18-19-20-21-22-24-26-28-30-32-34-36-41(49)59-39(38-58-61(55,56)60-47-45(53)43(51)42(50)44(52)46(47)54)37-57-40(48)35-33-31-29-27-25-23-16-14-12-10-8-6-4-2/h5,7,11,13,17-18,20-21,24,26,30,32,39,42-47,50-54H,3-4,6,8-10,12,14-16,19,22-23,25,27-29,31,33-38H2,1-2H3,(H,55,56)/b7-5-,13-11-,18-17-,21-20-,26-24-,32-30-. The molecule has 1 aliphatic carbocycles. The van der Waals surface area contributed by atoms with E-state index in [0.717, 1.165) is 51.4 Å². The van der Waals surface area contributed by atoms with Gasteiger partial charge in [0, 0.05) is 12.8 Å². The molecule has 0 aliphatic heterocycles. The maximum atomic E-state index is 12.8. The Hall–Kier alpha value is -2.71. The first-order valence-corrected chi connectivity index (χ1v) is 24.2. The second kappa shape index (κ2) is 36.7. The SMILES string of the molecule is CC/C=C\C/C=C\C/C=C\C/C=C\C/C=C\C/C=C\CCC(=O)OC(COC(=O)CCCCCCCCCCCCCCC)COP(=O)(O)OC1C(O)C(O)C(O)C(O)C1O. The lowest BCUT2D eigenvalue weighted by atomic mass is 9.85. The largest absolute Gasteiger partial charge is 0.472 e. The van der Waals surface area contributed by atoms with E-state index in [1.165, 1.54) is 57.8 Å². The van der Waals surface area contributed by atoms with Gasteiger partial charge in [0.2, 0.25) is 0 Å². The molecule has 6 N–H and O–H groups in total. The van der Waals surface area contributed by atoms with Crippen molar-refractivity contribution in [2.75, 3.05) is 13.2 Å². The van der Waals surface area contributed by atoms with Crippen LogP contribution in [-0.4, -0.2) is 98.3 Å². The third-order valence-corrected chi connectivity index (χ3v) is 11.1. The number of hydrogen-bond acceptors (Lipinski definition) is 12. The van der Waals surface area contributed by atoms with Crippen LogP contribution < -0.4 is 0 Å². The van der Waals surface area contributed by atoms with Gasteiger partial charge in [-0.2, -0.15) is 0 Å². The molecule has 0 radical (unpaired) electrons. The number of aliphatic hydroxyl groups is 5. The number of carbonyl (C=O) groups is 2. The van der Waals surface area contributed by atoms with Crippen molar-refractivity contribution in [1.82, 2.24) is 0 Å². The van der Waals surface area contributed by atoms with Crippen molar-refractivity contribution in [2.24, 2.45) is 0 Å². The zero-order chi connectivity index (χ0) is 45.0. The summed E-state index contributed by atoms with van der Waals surface area (Å²) in [5.41, 5.74) is 0. The van der Waals surface area contributed by atoms with Gasteiger partial charge in [0.1, 0.15) is 43.2 Å². The Morgan fingerprint density at radius 1 is 0.525 bits per heavy atom. The number of unbranched alkanes of at least 4 members (excludes halogenated alkanes) is 12. The summed E-state index contributed by atoms with van der Waals surface area (Å²) in [5.74, 6) is -1.20. The number of allylic oxidation sites excluding steroid dienone is 12. The first-order chi connectivity index (χ1) is 29.4. The fourth-order valence-electron chi connectivity index (χ4n) is 6.43.